The first-order valence-corrected chi connectivity index (χ1v) is 7.97. The maximum atomic E-state index is 12.5. The van der Waals surface area contributed by atoms with Crippen LogP contribution in [-0.2, 0) is 11.8 Å². The summed E-state index contributed by atoms with van der Waals surface area (Å²) >= 11 is 12.2. The molecule has 0 aliphatic heterocycles. The van der Waals surface area contributed by atoms with E-state index in [1.807, 2.05) is 0 Å². The summed E-state index contributed by atoms with van der Waals surface area (Å²) in [6, 6.07) is 8.20. The van der Waals surface area contributed by atoms with Crippen LogP contribution < -0.4 is 5.32 Å². The zero-order valence-electron chi connectivity index (χ0n) is 13.3. The molecule has 6 nitrogen and oxygen atoms in total. The number of ether oxygens (including phenoxy) is 1. The van der Waals surface area contributed by atoms with Gasteiger partial charge in [-0.3, -0.25) is 4.79 Å². The van der Waals surface area contributed by atoms with E-state index in [2.05, 4.69) is 15.0 Å². The van der Waals surface area contributed by atoms with Gasteiger partial charge in [0.1, 0.15) is 11.4 Å². The van der Waals surface area contributed by atoms with Gasteiger partial charge in [-0.05, 0) is 30.3 Å². The van der Waals surface area contributed by atoms with Crippen LogP contribution in [0.2, 0.25) is 10.0 Å². The highest BCUT2D eigenvalue weighted by molar-refractivity contribution is 6.45. The molecule has 2 aromatic heterocycles. The van der Waals surface area contributed by atoms with Gasteiger partial charge in [0.15, 0.2) is 0 Å². The van der Waals surface area contributed by atoms with E-state index in [0.29, 0.717) is 26.8 Å². The smallest absolute Gasteiger partial charge is 0.356 e. The fourth-order valence-corrected chi connectivity index (χ4v) is 2.83. The average molecular weight is 378 g/mol. The molecule has 0 aliphatic carbocycles. The number of pyridine rings is 1. The summed E-state index contributed by atoms with van der Waals surface area (Å²) in [6.07, 6.45) is 1.39. The van der Waals surface area contributed by atoms with Crippen LogP contribution in [0.25, 0.3) is 10.9 Å². The molecule has 0 spiro atoms. The number of benzene rings is 1. The largest absolute Gasteiger partial charge is 0.464 e. The third kappa shape index (κ3) is 3.18. The minimum atomic E-state index is -0.543. The summed E-state index contributed by atoms with van der Waals surface area (Å²) < 4.78 is 6.31. The monoisotopic (exact) mass is 377 g/mol. The Hall–Kier alpha value is -2.57. The van der Waals surface area contributed by atoms with Crippen molar-refractivity contribution in [1.29, 1.82) is 0 Å². The van der Waals surface area contributed by atoms with Gasteiger partial charge >= 0.3 is 5.97 Å². The third-order valence-corrected chi connectivity index (χ3v) is 4.58. The van der Waals surface area contributed by atoms with E-state index in [1.165, 1.54) is 19.4 Å². The number of halogens is 2. The molecule has 1 aromatic carbocycles. The van der Waals surface area contributed by atoms with Crippen molar-refractivity contribution in [2.24, 2.45) is 7.05 Å². The number of nitrogens with one attached hydrogen (secondary N) is 1. The highest BCUT2D eigenvalue weighted by Crippen LogP contribution is 2.32. The Balaban J connectivity index is 1.89. The molecule has 0 bridgehead atoms. The molecule has 0 aliphatic rings. The minimum Gasteiger partial charge on any atom is -0.464 e. The second-order valence-electron chi connectivity index (χ2n) is 5.26. The highest BCUT2D eigenvalue weighted by Gasteiger charge is 2.17. The molecular formula is C17H13Cl2N3O3. The lowest BCUT2D eigenvalue weighted by atomic mass is 10.2. The van der Waals surface area contributed by atoms with Gasteiger partial charge < -0.3 is 14.6 Å². The summed E-state index contributed by atoms with van der Waals surface area (Å²) in [5.74, 6) is -0.878. The van der Waals surface area contributed by atoms with E-state index in [-0.39, 0.29) is 11.6 Å². The number of aryl methyl sites for hydroxylation is 1. The number of methoxy groups -OCH3 is 1. The van der Waals surface area contributed by atoms with Crippen LogP contribution in [-0.4, -0.2) is 28.5 Å². The average Bonchev–Trinajstić information content (AvgIpc) is 2.95. The van der Waals surface area contributed by atoms with Crippen LogP contribution in [0.15, 0.2) is 36.5 Å². The molecular weight excluding hydrogens is 365 g/mol. The Morgan fingerprint density at radius 3 is 2.60 bits per heavy atom. The first-order valence-electron chi connectivity index (χ1n) is 7.21. The zero-order valence-corrected chi connectivity index (χ0v) is 14.9. The van der Waals surface area contributed by atoms with E-state index >= 15 is 0 Å². The number of esters is 1. The molecule has 0 fully saturated rings. The van der Waals surface area contributed by atoms with Crippen molar-refractivity contribution in [3.63, 3.8) is 0 Å². The van der Waals surface area contributed by atoms with Crippen molar-refractivity contribution in [2.45, 2.75) is 0 Å². The van der Waals surface area contributed by atoms with Gasteiger partial charge in [0.2, 0.25) is 0 Å². The molecule has 0 atom stereocenters. The molecule has 0 unspecified atom stereocenters. The first kappa shape index (κ1) is 17.3. The predicted octanol–water partition coefficient (Wildman–Crippen LogP) is 3.92. The Kier molecular flexibility index (Phi) is 4.65. The lowest BCUT2D eigenvalue weighted by Crippen LogP contribution is -2.16. The molecule has 0 saturated carbocycles. The van der Waals surface area contributed by atoms with Crippen molar-refractivity contribution in [3.05, 3.63) is 58.0 Å². The molecule has 3 rings (SSSR count). The number of nitrogens with zero attached hydrogens (tertiary/aromatic N) is 2. The topological polar surface area (TPSA) is 73.2 Å². The van der Waals surface area contributed by atoms with Gasteiger partial charge in [-0.2, -0.15) is 0 Å². The van der Waals surface area contributed by atoms with Crippen molar-refractivity contribution < 1.29 is 14.3 Å². The van der Waals surface area contributed by atoms with Gasteiger partial charge in [0.05, 0.1) is 29.0 Å². The summed E-state index contributed by atoms with van der Waals surface area (Å²) in [7, 11) is 3.04. The maximum absolute atomic E-state index is 12.5. The second kappa shape index (κ2) is 6.74. The number of anilines is 1. The lowest BCUT2D eigenvalue weighted by molar-refractivity contribution is 0.0594. The molecule has 1 N–H and O–H groups in total. The Morgan fingerprint density at radius 1 is 1.20 bits per heavy atom. The van der Waals surface area contributed by atoms with E-state index in [1.54, 1.807) is 35.9 Å². The summed E-state index contributed by atoms with van der Waals surface area (Å²) in [5.41, 5.74) is 1.81. The minimum absolute atomic E-state index is 0.159. The number of rotatable bonds is 3. The summed E-state index contributed by atoms with van der Waals surface area (Å²) in [4.78, 5) is 27.9. The fraction of sp³-hybridized carbons (Fsp3) is 0.118. The van der Waals surface area contributed by atoms with Crippen LogP contribution in [0, 0.1) is 0 Å². The van der Waals surface area contributed by atoms with Crippen LogP contribution in [0.3, 0.4) is 0 Å². The predicted molar refractivity (Wildman–Crippen MR) is 96.5 cm³/mol. The standard InChI is InChI=1S/C17H13Cl2N3O3/c1-22-13-6-4-11(18)15(19)10(13)7-14(22)16(23)21-9-3-5-12(20-8-9)17(24)25-2/h3-8H,1-2H3,(H,21,23). The number of hydrogen-bond donors (Lipinski definition) is 1. The Morgan fingerprint density at radius 2 is 1.96 bits per heavy atom. The van der Waals surface area contributed by atoms with Gasteiger partial charge in [0.25, 0.3) is 5.91 Å². The molecule has 3 aromatic rings. The van der Waals surface area contributed by atoms with Crippen molar-refractivity contribution in [1.82, 2.24) is 9.55 Å². The Bertz CT molecular complexity index is 981. The van der Waals surface area contributed by atoms with E-state index < -0.39 is 5.97 Å². The SMILES string of the molecule is COC(=O)c1ccc(NC(=O)c2cc3c(Cl)c(Cl)ccc3n2C)cn1. The zero-order chi connectivity index (χ0) is 18.1. The molecule has 0 radical (unpaired) electrons. The maximum Gasteiger partial charge on any atom is 0.356 e. The second-order valence-corrected chi connectivity index (χ2v) is 6.05. The van der Waals surface area contributed by atoms with Gasteiger partial charge in [-0.1, -0.05) is 23.2 Å². The molecule has 8 heteroatoms. The van der Waals surface area contributed by atoms with Crippen LogP contribution >= 0.6 is 23.2 Å². The summed E-state index contributed by atoms with van der Waals surface area (Å²) in [5, 5.41) is 4.25. The van der Waals surface area contributed by atoms with E-state index in [4.69, 9.17) is 23.2 Å². The van der Waals surface area contributed by atoms with Crippen LogP contribution in [0.4, 0.5) is 5.69 Å². The van der Waals surface area contributed by atoms with Gasteiger partial charge in [-0.25, -0.2) is 9.78 Å². The quantitative estimate of drug-likeness (QED) is 0.702. The van der Waals surface area contributed by atoms with Crippen molar-refractivity contribution in [3.8, 4) is 0 Å². The number of amides is 1. The van der Waals surface area contributed by atoms with Gasteiger partial charge in [0, 0.05) is 18.0 Å². The summed E-state index contributed by atoms with van der Waals surface area (Å²) in [6.45, 7) is 0. The van der Waals surface area contributed by atoms with Crippen LogP contribution in [0.5, 0.6) is 0 Å². The van der Waals surface area contributed by atoms with E-state index in [0.717, 1.165) is 5.52 Å². The molecule has 0 saturated heterocycles. The fourth-order valence-electron chi connectivity index (χ4n) is 2.46. The molecule has 25 heavy (non-hydrogen) atoms. The normalized spacial score (nSPS) is 10.7. The Labute approximate surface area is 153 Å². The lowest BCUT2D eigenvalue weighted by Gasteiger charge is -2.07. The van der Waals surface area contributed by atoms with E-state index in [9.17, 15) is 9.59 Å². The van der Waals surface area contributed by atoms with Crippen molar-refractivity contribution >= 4 is 51.7 Å². The molecule has 1 amide bonds. The van der Waals surface area contributed by atoms with Crippen molar-refractivity contribution in [2.75, 3.05) is 12.4 Å². The number of carbonyl (C=O) groups excluding carboxylic acids is 2. The first-order chi connectivity index (χ1) is 11.9. The van der Waals surface area contributed by atoms with Crippen LogP contribution in [0.1, 0.15) is 21.0 Å². The molecule has 128 valence electrons. The third-order valence-electron chi connectivity index (χ3n) is 3.76. The van der Waals surface area contributed by atoms with Gasteiger partial charge in [-0.15, -0.1) is 0 Å². The molecule has 2 heterocycles. The number of aromatic nitrogens is 2. The number of hydrogen-bond acceptors (Lipinski definition) is 4. The number of carbonyl (C=O) groups is 2. The highest BCUT2D eigenvalue weighted by atomic mass is 35.5. The number of fused-ring (bicyclic) bond motifs is 1.